The molecule has 3 atom stereocenters. The van der Waals surface area contributed by atoms with Crippen LogP contribution < -0.4 is 5.73 Å². The molecule has 1 fully saturated rings. The van der Waals surface area contributed by atoms with Crippen LogP contribution in [0.1, 0.15) is 24.8 Å². The maximum absolute atomic E-state index is 13.2. The predicted molar refractivity (Wildman–Crippen MR) is 82.5 cm³/mol. The topological polar surface area (TPSA) is 83.6 Å². The molecule has 1 aromatic rings. The summed E-state index contributed by atoms with van der Waals surface area (Å²) in [6.07, 6.45) is -5.78. The molecule has 0 unspecified atom stereocenters. The molecule has 0 aliphatic carbocycles. The first kappa shape index (κ1) is 22.7. The molecular weight excluding hydrogens is 382 g/mol. The van der Waals surface area contributed by atoms with E-state index in [1.165, 1.54) is 11.0 Å². The average Bonchev–Trinajstić information content (AvgIpc) is 3.01. The average molecular weight is 400 g/mol. The minimum atomic E-state index is -5.08. The molecule has 1 aliphatic heterocycles. The number of aliphatic carboxylic acids is 1. The highest BCUT2D eigenvalue weighted by Crippen LogP contribution is 2.23. The minimum Gasteiger partial charge on any atom is -0.475 e. The number of carbonyl (C=O) groups is 2. The first-order chi connectivity index (χ1) is 12.3. The summed E-state index contributed by atoms with van der Waals surface area (Å²) in [5, 5.41) is 7.12. The van der Waals surface area contributed by atoms with Crippen LogP contribution in [0.25, 0.3) is 0 Å². The van der Waals surface area contributed by atoms with Crippen molar-refractivity contribution in [3.63, 3.8) is 0 Å². The molecule has 1 aliphatic rings. The van der Waals surface area contributed by atoms with Gasteiger partial charge < -0.3 is 15.7 Å². The van der Waals surface area contributed by atoms with Crippen molar-refractivity contribution in [2.45, 2.75) is 37.7 Å². The van der Waals surface area contributed by atoms with Crippen molar-refractivity contribution in [2.75, 3.05) is 13.1 Å². The first-order valence-electron chi connectivity index (χ1n) is 7.78. The van der Waals surface area contributed by atoms with Gasteiger partial charge in [-0.2, -0.15) is 13.2 Å². The van der Waals surface area contributed by atoms with Gasteiger partial charge in [0.1, 0.15) is 6.17 Å². The Kier molecular flexibility index (Phi) is 7.64. The quantitative estimate of drug-likeness (QED) is 0.764. The van der Waals surface area contributed by atoms with Gasteiger partial charge in [-0.15, -0.1) is 0 Å². The summed E-state index contributed by atoms with van der Waals surface area (Å²) in [5.74, 6) is -5.51. The van der Waals surface area contributed by atoms with Gasteiger partial charge in [0, 0.05) is 12.5 Å². The third-order valence-corrected chi connectivity index (χ3v) is 3.98. The predicted octanol–water partition coefficient (Wildman–Crippen LogP) is 2.60. The number of nitrogens with two attached hydrogens (primary N) is 1. The molecule has 152 valence electrons. The number of alkyl halides is 4. The van der Waals surface area contributed by atoms with Gasteiger partial charge >= 0.3 is 12.1 Å². The Labute approximate surface area is 150 Å². The number of carboxylic acids is 1. The zero-order valence-electron chi connectivity index (χ0n) is 14.1. The van der Waals surface area contributed by atoms with Crippen molar-refractivity contribution in [1.29, 1.82) is 0 Å². The number of carboxylic acid groups (broad SMARTS) is 1. The third-order valence-electron chi connectivity index (χ3n) is 3.98. The Bertz CT molecular complexity index is 683. The molecule has 1 aromatic carbocycles. The molecule has 1 amide bonds. The molecule has 5 nitrogen and oxygen atoms in total. The van der Waals surface area contributed by atoms with Crippen LogP contribution in [0.2, 0.25) is 0 Å². The molecule has 11 heteroatoms. The maximum atomic E-state index is 13.2. The highest BCUT2D eigenvalue weighted by molar-refractivity contribution is 5.83. The summed E-state index contributed by atoms with van der Waals surface area (Å²) >= 11 is 0. The summed E-state index contributed by atoms with van der Waals surface area (Å²) in [6.45, 7) is 2.06. The van der Waals surface area contributed by atoms with Gasteiger partial charge in [-0.3, -0.25) is 4.79 Å². The SMILES string of the molecule is C[C@@H](c1ccc(F)c(F)c1)[C@H](N)C(=O)N1CC[C@H](F)C1.O=C(O)C(F)(F)F. The monoisotopic (exact) mass is 400 g/mol. The lowest BCUT2D eigenvalue weighted by Gasteiger charge is -2.25. The van der Waals surface area contributed by atoms with Gasteiger partial charge in [0.15, 0.2) is 11.6 Å². The summed E-state index contributed by atoms with van der Waals surface area (Å²) in [4.78, 5) is 22.4. The summed E-state index contributed by atoms with van der Waals surface area (Å²) in [7, 11) is 0. The summed E-state index contributed by atoms with van der Waals surface area (Å²) < 4.78 is 70.9. The van der Waals surface area contributed by atoms with E-state index in [0.717, 1.165) is 12.1 Å². The molecular formula is C16H18F6N2O3. The van der Waals surface area contributed by atoms with E-state index in [4.69, 9.17) is 15.6 Å². The number of hydrogen-bond acceptors (Lipinski definition) is 3. The van der Waals surface area contributed by atoms with E-state index < -0.39 is 41.9 Å². The second-order valence-corrected chi connectivity index (χ2v) is 5.96. The van der Waals surface area contributed by atoms with Crippen LogP contribution in [-0.2, 0) is 9.59 Å². The van der Waals surface area contributed by atoms with Crippen molar-refractivity contribution >= 4 is 11.9 Å². The molecule has 2 rings (SSSR count). The highest BCUT2D eigenvalue weighted by Gasteiger charge is 2.38. The fraction of sp³-hybridized carbons (Fsp3) is 0.500. The molecule has 0 bridgehead atoms. The normalized spacial score (nSPS) is 19.1. The van der Waals surface area contributed by atoms with Crippen LogP contribution >= 0.6 is 0 Å². The second-order valence-electron chi connectivity index (χ2n) is 5.96. The highest BCUT2D eigenvalue weighted by atomic mass is 19.4. The summed E-state index contributed by atoms with van der Waals surface area (Å²) in [6, 6.07) is 2.55. The number of benzene rings is 1. The second kappa shape index (κ2) is 9.07. The van der Waals surface area contributed by atoms with Crippen LogP contribution in [0.3, 0.4) is 0 Å². The van der Waals surface area contributed by atoms with Crippen LogP contribution in [0, 0.1) is 11.6 Å². The molecule has 0 radical (unpaired) electrons. The van der Waals surface area contributed by atoms with Gasteiger partial charge in [0.2, 0.25) is 5.91 Å². The third kappa shape index (κ3) is 6.42. The van der Waals surface area contributed by atoms with Gasteiger partial charge in [0.05, 0.1) is 12.6 Å². The number of carbonyl (C=O) groups excluding carboxylic acids is 1. The Hall–Kier alpha value is -2.30. The van der Waals surface area contributed by atoms with Crippen LogP contribution in [-0.4, -0.2) is 53.4 Å². The molecule has 27 heavy (non-hydrogen) atoms. The molecule has 3 N–H and O–H groups in total. The minimum absolute atomic E-state index is 0.0526. The molecule has 0 saturated carbocycles. The van der Waals surface area contributed by atoms with Gasteiger partial charge in [0.25, 0.3) is 0 Å². The van der Waals surface area contributed by atoms with E-state index in [2.05, 4.69) is 0 Å². The smallest absolute Gasteiger partial charge is 0.475 e. The molecule has 1 saturated heterocycles. The molecule has 0 spiro atoms. The van der Waals surface area contributed by atoms with E-state index in [9.17, 15) is 31.1 Å². The fourth-order valence-electron chi connectivity index (χ4n) is 2.35. The molecule has 1 heterocycles. The van der Waals surface area contributed by atoms with Crippen molar-refractivity contribution < 1.29 is 41.0 Å². The van der Waals surface area contributed by atoms with E-state index in [0.29, 0.717) is 18.5 Å². The van der Waals surface area contributed by atoms with Crippen molar-refractivity contribution in [1.82, 2.24) is 4.90 Å². The standard InChI is InChI=1S/C14H17F3N2O.C2HF3O2/c1-8(9-2-3-11(16)12(17)6-9)13(18)14(20)19-5-4-10(15)7-19;3-2(4,5)1(6)7/h2-3,6,8,10,13H,4-5,7,18H2,1H3;(H,6,7)/t8-,10-,13-;/m0./s1. The number of nitrogens with zero attached hydrogens (tertiary/aromatic N) is 1. The largest absolute Gasteiger partial charge is 0.490 e. The Morgan fingerprint density at radius 2 is 1.81 bits per heavy atom. The van der Waals surface area contributed by atoms with Gasteiger partial charge in [-0.25, -0.2) is 18.0 Å². The Morgan fingerprint density at radius 3 is 2.22 bits per heavy atom. The van der Waals surface area contributed by atoms with Gasteiger partial charge in [-0.1, -0.05) is 13.0 Å². The van der Waals surface area contributed by atoms with Crippen LogP contribution in [0.15, 0.2) is 18.2 Å². The number of rotatable bonds is 3. The zero-order valence-corrected chi connectivity index (χ0v) is 14.1. The number of halogens is 6. The zero-order chi connectivity index (χ0) is 20.9. The van der Waals surface area contributed by atoms with Crippen LogP contribution in [0.4, 0.5) is 26.3 Å². The molecule has 0 aromatic heterocycles. The first-order valence-corrected chi connectivity index (χ1v) is 7.78. The fourth-order valence-corrected chi connectivity index (χ4v) is 2.35. The van der Waals surface area contributed by atoms with Crippen molar-refractivity contribution in [3.05, 3.63) is 35.4 Å². The number of hydrogen-bond donors (Lipinski definition) is 2. The lowest BCUT2D eigenvalue weighted by Crippen LogP contribution is -2.45. The summed E-state index contributed by atoms with van der Waals surface area (Å²) in [5.41, 5.74) is 6.32. The van der Waals surface area contributed by atoms with Gasteiger partial charge in [-0.05, 0) is 24.1 Å². The van der Waals surface area contributed by atoms with Crippen LogP contribution in [0.5, 0.6) is 0 Å². The number of likely N-dealkylation sites (tertiary alicyclic amines) is 1. The lowest BCUT2D eigenvalue weighted by molar-refractivity contribution is -0.192. The Balaban J connectivity index is 0.000000445. The number of amides is 1. The lowest BCUT2D eigenvalue weighted by atomic mass is 9.93. The van der Waals surface area contributed by atoms with E-state index in [1.807, 2.05) is 0 Å². The maximum Gasteiger partial charge on any atom is 0.490 e. The van der Waals surface area contributed by atoms with E-state index in [-0.39, 0.29) is 12.5 Å². The van der Waals surface area contributed by atoms with E-state index >= 15 is 0 Å². The van der Waals surface area contributed by atoms with Crippen molar-refractivity contribution in [3.8, 4) is 0 Å². The van der Waals surface area contributed by atoms with Crippen molar-refractivity contribution in [2.24, 2.45) is 5.73 Å². The van der Waals surface area contributed by atoms with E-state index in [1.54, 1.807) is 6.92 Å². The Morgan fingerprint density at radius 1 is 1.26 bits per heavy atom.